The van der Waals surface area contributed by atoms with Crippen molar-refractivity contribution in [1.29, 1.82) is 0 Å². The van der Waals surface area contributed by atoms with E-state index in [9.17, 15) is 9.90 Å². The van der Waals surface area contributed by atoms with Crippen molar-refractivity contribution in [3.05, 3.63) is 70.9 Å². The Balaban J connectivity index is 2.03. The third kappa shape index (κ3) is 3.54. The van der Waals surface area contributed by atoms with E-state index in [0.29, 0.717) is 27.7 Å². The number of anilines is 1. The van der Waals surface area contributed by atoms with Gasteiger partial charge in [0.25, 0.3) is 0 Å². The second-order valence-corrected chi connectivity index (χ2v) is 6.39. The van der Waals surface area contributed by atoms with Crippen LogP contribution in [0.4, 0.5) is 10.5 Å². The van der Waals surface area contributed by atoms with Gasteiger partial charge in [-0.1, -0.05) is 59.2 Å². The first-order valence-corrected chi connectivity index (χ1v) is 8.78. The average Bonchev–Trinajstić information content (AvgIpc) is 3.11. The average molecular weight is 390 g/mol. The molecule has 2 aromatic carbocycles. The van der Waals surface area contributed by atoms with Crippen LogP contribution in [-0.2, 0) is 5.88 Å². The van der Waals surface area contributed by atoms with E-state index in [2.05, 4.69) is 5.16 Å². The molecule has 3 aromatic rings. The van der Waals surface area contributed by atoms with E-state index in [-0.39, 0.29) is 5.69 Å². The fourth-order valence-corrected chi connectivity index (χ4v) is 3.24. The van der Waals surface area contributed by atoms with Crippen molar-refractivity contribution < 1.29 is 14.4 Å². The minimum absolute atomic E-state index is 0.288. The quantitative estimate of drug-likeness (QED) is 0.595. The summed E-state index contributed by atoms with van der Waals surface area (Å²) in [4.78, 5) is 13.0. The lowest BCUT2D eigenvalue weighted by Gasteiger charge is -2.31. The van der Waals surface area contributed by atoms with E-state index in [0.717, 1.165) is 10.5 Å². The first-order chi connectivity index (χ1) is 12.5. The van der Waals surface area contributed by atoms with Gasteiger partial charge < -0.3 is 19.3 Å². The smallest absolute Gasteiger partial charge is 0.148 e. The van der Waals surface area contributed by atoms with Crippen molar-refractivity contribution in [2.45, 2.75) is 18.8 Å². The summed E-state index contributed by atoms with van der Waals surface area (Å²) in [6.07, 6.45) is -0.0900. The van der Waals surface area contributed by atoms with E-state index in [1.807, 2.05) is 24.3 Å². The lowest BCUT2D eigenvalue weighted by atomic mass is 10.0. The molecule has 26 heavy (non-hydrogen) atoms. The maximum Gasteiger partial charge on any atom is 0.148 e. The first kappa shape index (κ1) is 18.3. The van der Waals surface area contributed by atoms with Gasteiger partial charge in [0.1, 0.15) is 23.7 Å². The molecule has 1 unspecified atom stereocenters. The molecule has 0 aliphatic carbocycles. The number of alkyl halides is 1. The molecule has 0 fully saturated rings. The standard InChI is InChI=1S/C19H16Cl2N2O3/c1-12(15-4-2-3-5-16(15)21)23(19(24)25)17-11-26-22-18(17)14-8-6-13(10-20)7-9-14/h2-9,11-12H,10H2,1H3,(H,24,25)/p-1. The van der Waals surface area contributed by atoms with Crippen molar-refractivity contribution in [2.24, 2.45) is 0 Å². The normalized spacial score (nSPS) is 12.0. The molecule has 1 amide bonds. The summed E-state index contributed by atoms with van der Waals surface area (Å²) in [5.74, 6) is 0.390. The van der Waals surface area contributed by atoms with Crippen LogP contribution in [0.25, 0.3) is 11.3 Å². The lowest BCUT2D eigenvalue weighted by Crippen LogP contribution is -2.43. The Kier molecular flexibility index (Phi) is 5.49. The summed E-state index contributed by atoms with van der Waals surface area (Å²) in [6.45, 7) is 1.73. The molecular weight excluding hydrogens is 375 g/mol. The molecule has 3 rings (SSSR count). The molecule has 0 bridgehead atoms. The van der Waals surface area contributed by atoms with Gasteiger partial charge in [-0.15, -0.1) is 11.6 Å². The van der Waals surface area contributed by atoms with Crippen molar-refractivity contribution in [3.63, 3.8) is 0 Å². The van der Waals surface area contributed by atoms with Gasteiger partial charge in [-0.05, 0) is 24.1 Å². The minimum Gasteiger partial charge on any atom is -0.530 e. The minimum atomic E-state index is -1.38. The summed E-state index contributed by atoms with van der Waals surface area (Å²) in [7, 11) is 0. The number of carboxylic acid groups (broad SMARTS) is 1. The predicted molar refractivity (Wildman–Crippen MR) is 99.2 cm³/mol. The van der Waals surface area contributed by atoms with Crippen LogP contribution in [0.15, 0.2) is 59.3 Å². The maximum absolute atomic E-state index is 11.9. The molecule has 1 aromatic heterocycles. The number of hydrogen-bond acceptors (Lipinski definition) is 4. The fourth-order valence-electron chi connectivity index (χ4n) is 2.77. The van der Waals surface area contributed by atoms with E-state index < -0.39 is 12.1 Å². The van der Waals surface area contributed by atoms with Gasteiger partial charge in [-0.3, -0.25) is 0 Å². The molecule has 0 spiro atoms. The second-order valence-electron chi connectivity index (χ2n) is 5.71. The molecule has 134 valence electrons. The van der Waals surface area contributed by atoms with Crippen molar-refractivity contribution in [3.8, 4) is 11.3 Å². The molecule has 1 heterocycles. The van der Waals surface area contributed by atoms with Crippen LogP contribution in [0.3, 0.4) is 0 Å². The van der Waals surface area contributed by atoms with Crippen LogP contribution in [0.2, 0.25) is 5.02 Å². The van der Waals surface area contributed by atoms with Crippen LogP contribution in [0.5, 0.6) is 0 Å². The number of aromatic nitrogens is 1. The number of halogens is 2. The van der Waals surface area contributed by atoms with Crippen LogP contribution in [-0.4, -0.2) is 11.2 Å². The molecule has 1 atom stereocenters. The molecular formula is C19H15Cl2N2O3-. The largest absolute Gasteiger partial charge is 0.530 e. The zero-order chi connectivity index (χ0) is 18.7. The Morgan fingerprint density at radius 1 is 1.23 bits per heavy atom. The molecule has 0 aliphatic rings. The van der Waals surface area contributed by atoms with Gasteiger partial charge in [-0.2, -0.15) is 0 Å². The first-order valence-electron chi connectivity index (χ1n) is 7.87. The lowest BCUT2D eigenvalue weighted by molar-refractivity contribution is -0.247. The maximum atomic E-state index is 11.9. The Labute approximate surface area is 160 Å². The van der Waals surface area contributed by atoms with Gasteiger partial charge in [0, 0.05) is 16.5 Å². The van der Waals surface area contributed by atoms with E-state index in [1.54, 1.807) is 31.2 Å². The van der Waals surface area contributed by atoms with Gasteiger partial charge >= 0.3 is 0 Å². The van der Waals surface area contributed by atoms with Crippen LogP contribution in [0, 0.1) is 0 Å². The summed E-state index contributed by atoms with van der Waals surface area (Å²) < 4.78 is 5.06. The highest BCUT2D eigenvalue weighted by atomic mass is 35.5. The number of nitrogens with zero attached hydrogens (tertiary/aromatic N) is 2. The number of amides is 1. The van der Waals surface area contributed by atoms with Gasteiger partial charge in [0.15, 0.2) is 0 Å². The monoisotopic (exact) mass is 389 g/mol. The summed E-state index contributed by atoms with van der Waals surface area (Å²) in [5.41, 5.74) is 3.00. The van der Waals surface area contributed by atoms with Crippen molar-refractivity contribution in [2.75, 3.05) is 4.90 Å². The molecule has 5 nitrogen and oxygen atoms in total. The van der Waals surface area contributed by atoms with Crippen LogP contribution >= 0.6 is 23.2 Å². The molecule has 0 radical (unpaired) electrons. The van der Waals surface area contributed by atoms with E-state index in [4.69, 9.17) is 27.7 Å². The third-order valence-corrected chi connectivity index (χ3v) is 4.78. The zero-order valence-electron chi connectivity index (χ0n) is 13.9. The highest BCUT2D eigenvalue weighted by Gasteiger charge is 2.25. The number of hydrogen-bond donors (Lipinski definition) is 0. The van der Waals surface area contributed by atoms with Gasteiger partial charge in [0.05, 0.1) is 6.04 Å². The predicted octanol–water partition coefficient (Wildman–Crippen LogP) is 4.64. The van der Waals surface area contributed by atoms with Gasteiger partial charge in [-0.25, -0.2) is 0 Å². The topological polar surface area (TPSA) is 69.4 Å². The Morgan fingerprint density at radius 3 is 2.54 bits per heavy atom. The molecule has 0 N–H and O–H groups in total. The SMILES string of the molecule is CC(c1ccccc1Cl)N(C(=O)[O-])c1conc1-c1ccc(CCl)cc1. The van der Waals surface area contributed by atoms with Gasteiger partial charge in [0.2, 0.25) is 0 Å². The van der Waals surface area contributed by atoms with Crippen molar-refractivity contribution >= 4 is 35.0 Å². The van der Waals surface area contributed by atoms with E-state index >= 15 is 0 Å². The molecule has 7 heteroatoms. The number of carbonyl (C=O) groups excluding carboxylic acids is 1. The Bertz CT molecular complexity index is 909. The molecule has 0 saturated carbocycles. The number of benzene rings is 2. The third-order valence-electron chi connectivity index (χ3n) is 4.13. The van der Waals surface area contributed by atoms with Crippen molar-refractivity contribution in [1.82, 2.24) is 5.16 Å². The summed E-state index contributed by atoms with van der Waals surface area (Å²) in [6, 6.07) is 13.8. The number of rotatable bonds is 5. The second kappa shape index (κ2) is 7.81. The zero-order valence-corrected chi connectivity index (χ0v) is 15.4. The highest BCUT2D eigenvalue weighted by molar-refractivity contribution is 6.31. The molecule has 0 saturated heterocycles. The number of carbonyl (C=O) groups is 1. The fraction of sp³-hybridized carbons (Fsp3) is 0.158. The Morgan fingerprint density at radius 2 is 1.92 bits per heavy atom. The highest BCUT2D eigenvalue weighted by Crippen LogP contribution is 2.36. The molecule has 0 aliphatic heterocycles. The van der Waals surface area contributed by atoms with Crippen LogP contribution in [0.1, 0.15) is 24.1 Å². The summed E-state index contributed by atoms with van der Waals surface area (Å²) >= 11 is 12.0. The Hall–Kier alpha value is -2.50. The summed E-state index contributed by atoms with van der Waals surface area (Å²) in [5, 5.41) is 16.3. The van der Waals surface area contributed by atoms with E-state index in [1.165, 1.54) is 6.26 Å². The van der Waals surface area contributed by atoms with Crippen LogP contribution < -0.4 is 10.0 Å².